The monoisotopic (exact) mass is 387 g/mol. The minimum atomic E-state index is -0.134. The van der Waals surface area contributed by atoms with Crippen molar-refractivity contribution in [1.82, 2.24) is 0 Å². The van der Waals surface area contributed by atoms with Crippen molar-refractivity contribution in [3.63, 3.8) is 0 Å². The smallest absolute Gasteiger partial charge is 0.221 e. The molecule has 0 aliphatic rings. The lowest BCUT2D eigenvalue weighted by molar-refractivity contribution is -0.114. The number of aryl methyl sites for hydroxylation is 1. The van der Waals surface area contributed by atoms with Crippen molar-refractivity contribution in [2.75, 3.05) is 26.6 Å². The maximum absolute atomic E-state index is 11.6. The van der Waals surface area contributed by atoms with Crippen molar-refractivity contribution in [3.05, 3.63) is 41.5 Å². The van der Waals surface area contributed by atoms with Crippen molar-refractivity contribution in [3.8, 4) is 23.0 Å². The van der Waals surface area contributed by atoms with E-state index in [9.17, 15) is 4.79 Å². The van der Waals surface area contributed by atoms with Gasteiger partial charge in [0.2, 0.25) is 5.91 Å². The SMILES string of the molecule is COc1cc(CCc2c(NC(C)=O)ccc(OC)c2OC)ccc1OC(C)C. The first-order valence-electron chi connectivity index (χ1n) is 9.24. The quantitative estimate of drug-likeness (QED) is 0.697. The van der Waals surface area contributed by atoms with Gasteiger partial charge < -0.3 is 24.3 Å². The molecule has 0 saturated heterocycles. The van der Waals surface area contributed by atoms with Crippen molar-refractivity contribution in [2.24, 2.45) is 0 Å². The molecule has 2 aromatic rings. The third-order valence-corrected chi connectivity index (χ3v) is 4.21. The van der Waals surface area contributed by atoms with Crippen LogP contribution in [0.25, 0.3) is 0 Å². The second-order valence-electron chi connectivity index (χ2n) is 6.66. The van der Waals surface area contributed by atoms with E-state index in [0.717, 1.165) is 29.0 Å². The normalized spacial score (nSPS) is 10.5. The van der Waals surface area contributed by atoms with Crippen LogP contribution in [0.15, 0.2) is 30.3 Å². The van der Waals surface area contributed by atoms with Crippen LogP contribution in [0.2, 0.25) is 0 Å². The van der Waals surface area contributed by atoms with Gasteiger partial charge in [0.15, 0.2) is 23.0 Å². The summed E-state index contributed by atoms with van der Waals surface area (Å²) in [6.07, 6.45) is 1.46. The van der Waals surface area contributed by atoms with E-state index in [0.29, 0.717) is 23.7 Å². The summed E-state index contributed by atoms with van der Waals surface area (Å²) in [6, 6.07) is 9.53. The number of nitrogens with one attached hydrogen (secondary N) is 1. The zero-order chi connectivity index (χ0) is 20.7. The average molecular weight is 387 g/mol. The number of carbonyl (C=O) groups excluding carboxylic acids is 1. The Labute approximate surface area is 166 Å². The second-order valence-corrected chi connectivity index (χ2v) is 6.66. The Morgan fingerprint density at radius 1 is 0.929 bits per heavy atom. The lowest BCUT2D eigenvalue weighted by atomic mass is 10.0. The standard InChI is InChI=1S/C22H29NO5/c1-14(2)28-19-11-8-16(13-21(19)26-5)7-9-17-18(23-15(3)24)10-12-20(25-4)22(17)27-6/h8,10-14H,7,9H2,1-6H3,(H,23,24). The second kappa shape index (κ2) is 9.88. The highest BCUT2D eigenvalue weighted by Gasteiger charge is 2.16. The molecule has 0 heterocycles. The first-order chi connectivity index (χ1) is 13.4. The highest BCUT2D eigenvalue weighted by molar-refractivity contribution is 5.90. The Kier molecular flexibility index (Phi) is 7.55. The Morgan fingerprint density at radius 3 is 2.18 bits per heavy atom. The van der Waals surface area contributed by atoms with Crippen molar-refractivity contribution in [1.29, 1.82) is 0 Å². The summed E-state index contributed by atoms with van der Waals surface area (Å²) in [4.78, 5) is 11.6. The van der Waals surface area contributed by atoms with Crippen LogP contribution in [-0.4, -0.2) is 33.3 Å². The molecule has 0 aliphatic carbocycles. The van der Waals surface area contributed by atoms with Gasteiger partial charge in [-0.15, -0.1) is 0 Å². The summed E-state index contributed by atoms with van der Waals surface area (Å²) < 4.78 is 22.2. The van der Waals surface area contributed by atoms with E-state index in [4.69, 9.17) is 18.9 Å². The fourth-order valence-corrected chi connectivity index (χ4v) is 3.03. The molecule has 0 atom stereocenters. The Morgan fingerprint density at radius 2 is 1.61 bits per heavy atom. The fraction of sp³-hybridized carbons (Fsp3) is 0.409. The molecule has 2 rings (SSSR count). The van der Waals surface area contributed by atoms with Crippen molar-refractivity contribution < 1.29 is 23.7 Å². The fourth-order valence-electron chi connectivity index (χ4n) is 3.03. The lowest BCUT2D eigenvalue weighted by Gasteiger charge is -2.18. The molecule has 2 aromatic carbocycles. The minimum Gasteiger partial charge on any atom is -0.493 e. The van der Waals surface area contributed by atoms with Crippen LogP contribution in [-0.2, 0) is 17.6 Å². The summed E-state index contributed by atoms with van der Waals surface area (Å²) in [7, 11) is 4.82. The molecule has 1 amide bonds. The summed E-state index contributed by atoms with van der Waals surface area (Å²) >= 11 is 0. The Hall–Kier alpha value is -2.89. The molecule has 0 bridgehead atoms. The third kappa shape index (κ3) is 5.31. The highest BCUT2D eigenvalue weighted by atomic mass is 16.5. The topological polar surface area (TPSA) is 66.0 Å². The van der Waals surface area contributed by atoms with Gasteiger partial charge in [-0.1, -0.05) is 6.07 Å². The number of rotatable bonds is 9. The largest absolute Gasteiger partial charge is 0.493 e. The molecule has 0 aliphatic heterocycles. The van der Waals surface area contributed by atoms with E-state index in [1.54, 1.807) is 27.4 Å². The highest BCUT2D eigenvalue weighted by Crippen LogP contribution is 2.37. The molecule has 0 aromatic heterocycles. The van der Waals surface area contributed by atoms with E-state index in [1.165, 1.54) is 6.92 Å². The lowest BCUT2D eigenvalue weighted by Crippen LogP contribution is -2.10. The number of benzene rings is 2. The van der Waals surface area contributed by atoms with Crippen LogP contribution in [0, 0.1) is 0 Å². The molecule has 0 fully saturated rings. The first kappa shape index (κ1) is 21.4. The number of hydrogen-bond acceptors (Lipinski definition) is 5. The number of anilines is 1. The number of hydrogen-bond donors (Lipinski definition) is 1. The first-order valence-corrected chi connectivity index (χ1v) is 9.24. The number of carbonyl (C=O) groups is 1. The summed E-state index contributed by atoms with van der Waals surface area (Å²) in [6.45, 7) is 5.44. The van der Waals surface area contributed by atoms with E-state index in [2.05, 4.69) is 5.32 Å². The van der Waals surface area contributed by atoms with Gasteiger partial charge in [-0.3, -0.25) is 4.79 Å². The number of methoxy groups -OCH3 is 3. The van der Waals surface area contributed by atoms with Crippen LogP contribution in [0.4, 0.5) is 5.69 Å². The van der Waals surface area contributed by atoms with Gasteiger partial charge in [0.05, 0.1) is 27.4 Å². The van der Waals surface area contributed by atoms with Gasteiger partial charge in [-0.25, -0.2) is 0 Å². The average Bonchev–Trinajstić information content (AvgIpc) is 2.66. The van der Waals surface area contributed by atoms with Crippen LogP contribution < -0.4 is 24.3 Å². The van der Waals surface area contributed by atoms with Crippen molar-refractivity contribution in [2.45, 2.75) is 39.7 Å². The van der Waals surface area contributed by atoms with Gasteiger partial charge in [-0.05, 0) is 56.5 Å². The molecular weight excluding hydrogens is 358 g/mol. The Balaban J connectivity index is 2.31. The predicted octanol–water partition coefficient (Wildman–Crippen LogP) is 4.24. The van der Waals surface area contributed by atoms with E-state index in [1.807, 2.05) is 38.1 Å². The molecule has 6 nitrogen and oxygen atoms in total. The summed E-state index contributed by atoms with van der Waals surface area (Å²) in [5.74, 6) is 2.54. The van der Waals surface area contributed by atoms with Gasteiger partial charge >= 0.3 is 0 Å². The zero-order valence-corrected chi connectivity index (χ0v) is 17.4. The third-order valence-electron chi connectivity index (χ3n) is 4.21. The van der Waals surface area contributed by atoms with Crippen LogP contribution in [0.1, 0.15) is 31.9 Å². The van der Waals surface area contributed by atoms with E-state index >= 15 is 0 Å². The van der Waals surface area contributed by atoms with Gasteiger partial charge in [0, 0.05) is 18.2 Å². The molecule has 6 heteroatoms. The molecule has 0 saturated carbocycles. The molecule has 28 heavy (non-hydrogen) atoms. The summed E-state index contributed by atoms with van der Waals surface area (Å²) in [5, 5.41) is 2.87. The molecule has 0 spiro atoms. The Bertz CT molecular complexity index is 817. The zero-order valence-electron chi connectivity index (χ0n) is 17.4. The number of ether oxygens (including phenoxy) is 4. The molecular formula is C22H29NO5. The minimum absolute atomic E-state index is 0.0704. The number of amides is 1. The van der Waals surface area contributed by atoms with E-state index < -0.39 is 0 Å². The molecule has 1 N–H and O–H groups in total. The van der Waals surface area contributed by atoms with Crippen molar-refractivity contribution >= 4 is 11.6 Å². The predicted molar refractivity (Wildman–Crippen MR) is 110 cm³/mol. The maximum Gasteiger partial charge on any atom is 0.221 e. The van der Waals surface area contributed by atoms with Gasteiger partial charge in [0.1, 0.15) is 0 Å². The molecule has 152 valence electrons. The van der Waals surface area contributed by atoms with Gasteiger partial charge in [-0.2, -0.15) is 0 Å². The van der Waals surface area contributed by atoms with Crippen LogP contribution >= 0.6 is 0 Å². The molecule has 0 radical (unpaired) electrons. The van der Waals surface area contributed by atoms with Gasteiger partial charge in [0.25, 0.3) is 0 Å². The summed E-state index contributed by atoms with van der Waals surface area (Å²) in [5.41, 5.74) is 2.70. The maximum atomic E-state index is 11.6. The van der Waals surface area contributed by atoms with Crippen LogP contribution in [0.3, 0.4) is 0 Å². The molecule has 0 unspecified atom stereocenters. The van der Waals surface area contributed by atoms with Crippen LogP contribution in [0.5, 0.6) is 23.0 Å². The van der Waals surface area contributed by atoms with E-state index in [-0.39, 0.29) is 12.0 Å².